The number of H-pyrrole nitrogens is 1. The van der Waals surface area contributed by atoms with Crippen LogP contribution < -0.4 is 5.56 Å². The Kier molecular flexibility index (Phi) is 5.35. The first-order valence-corrected chi connectivity index (χ1v) is 10.9. The molecule has 0 radical (unpaired) electrons. The lowest BCUT2D eigenvalue weighted by atomic mass is 10.00. The summed E-state index contributed by atoms with van der Waals surface area (Å²) in [7, 11) is 0. The third kappa shape index (κ3) is 3.77. The van der Waals surface area contributed by atoms with Gasteiger partial charge in [-0.25, -0.2) is 4.68 Å². The molecule has 2 saturated heterocycles. The first-order valence-electron chi connectivity index (χ1n) is 10.9. The van der Waals surface area contributed by atoms with Gasteiger partial charge in [-0.15, -0.1) is 5.10 Å². The quantitative estimate of drug-likeness (QED) is 0.698. The van der Waals surface area contributed by atoms with E-state index in [0.717, 1.165) is 62.1 Å². The molecule has 30 heavy (non-hydrogen) atoms. The standard InChI is InChI=1S/C22H28N6O2/c1-15-7-8-19-16(12-15)13-18(22(29)23-19)20(27-9-3-2-4-10-27)21-24-25-26-28(21)14-17-6-5-11-30-17/h7-8,12-13,17,20H,2-6,9-11,14H2,1H3,(H,23,29)/t17-,20-/m1/s1. The Balaban J connectivity index is 1.60. The number of tetrazole rings is 1. The highest BCUT2D eigenvalue weighted by atomic mass is 16.5. The molecular formula is C22H28N6O2. The number of fused-ring (bicyclic) bond motifs is 1. The molecule has 0 aliphatic carbocycles. The molecule has 0 spiro atoms. The van der Waals surface area contributed by atoms with Crippen molar-refractivity contribution in [3.8, 4) is 0 Å². The van der Waals surface area contributed by atoms with Gasteiger partial charge >= 0.3 is 0 Å². The lowest BCUT2D eigenvalue weighted by molar-refractivity contribution is 0.0902. The van der Waals surface area contributed by atoms with Crippen molar-refractivity contribution in [3.05, 3.63) is 51.6 Å². The van der Waals surface area contributed by atoms with Crippen LogP contribution in [0.2, 0.25) is 0 Å². The first kappa shape index (κ1) is 19.4. The summed E-state index contributed by atoms with van der Waals surface area (Å²) in [6.45, 7) is 5.35. The minimum Gasteiger partial charge on any atom is -0.376 e. The predicted molar refractivity (Wildman–Crippen MR) is 113 cm³/mol. The maximum atomic E-state index is 13.2. The van der Waals surface area contributed by atoms with Crippen molar-refractivity contribution < 1.29 is 4.74 Å². The highest BCUT2D eigenvalue weighted by Gasteiger charge is 2.32. The summed E-state index contributed by atoms with van der Waals surface area (Å²) in [5.41, 5.74) is 2.65. The van der Waals surface area contributed by atoms with Crippen molar-refractivity contribution in [2.45, 2.75) is 57.7 Å². The number of piperidine rings is 1. The summed E-state index contributed by atoms with van der Waals surface area (Å²) in [6, 6.07) is 7.84. The van der Waals surface area contributed by atoms with Gasteiger partial charge in [0.25, 0.3) is 5.56 Å². The van der Waals surface area contributed by atoms with Crippen molar-refractivity contribution >= 4 is 10.9 Å². The highest BCUT2D eigenvalue weighted by molar-refractivity contribution is 5.79. The smallest absolute Gasteiger partial charge is 0.253 e. The number of aryl methyl sites for hydroxylation is 1. The second-order valence-corrected chi connectivity index (χ2v) is 8.50. The SMILES string of the molecule is Cc1ccc2[nH]c(=O)c([C@H](c3nnnn3C[C@H]3CCCO3)N3CCCCC3)cc2c1. The molecule has 158 valence electrons. The van der Waals surface area contributed by atoms with Gasteiger partial charge < -0.3 is 9.72 Å². The molecule has 2 fully saturated rings. The Morgan fingerprint density at radius 2 is 2.07 bits per heavy atom. The summed E-state index contributed by atoms with van der Waals surface area (Å²) in [5, 5.41) is 13.7. The summed E-state index contributed by atoms with van der Waals surface area (Å²) < 4.78 is 7.65. The molecule has 1 N–H and O–H groups in total. The average molecular weight is 409 g/mol. The van der Waals surface area contributed by atoms with E-state index in [4.69, 9.17) is 4.74 Å². The number of hydrogen-bond donors (Lipinski definition) is 1. The third-order valence-corrected chi connectivity index (χ3v) is 6.28. The van der Waals surface area contributed by atoms with E-state index in [-0.39, 0.29) is 17.7 Å². The normalized spacial score (nSPS) is 21.3. The van der Waals surface area contributed by atoms with E-state index in [0.29, 0.717) is 12.1 Å². The lowest BCUT2D eigenvalue weighted by Gasteiger charge is -2.33. The Morgan fingerprint density at radius 1 is 1.20 bits per heavy atom. The molecule has 2 aliphatic heterocycles. The molecule has 2 aromatic heterocycles. The number of nitrogens with zero attached hydrogens (tertiary/aromatic N) is 5. The van der Waals surface area contributed by atoms with Crippen molar-refractivity contribution in [3.63, 3.8) is 0 Å². The number of aromatic nitrogens is 5. The van der Waals surface area contributed by atoms with Crippen molar-refractivity contribution in [1.29, 1.82) is 0 Å². The Morgan fingerprint density at radius 3 is 2.87 bits per heavy atom. The molecule has 0 unspecified atom stereocenters. The van der Waals surface area contributed by atoms with Crippen LogP contribution in [-0.4, -0.2) is 55.9 Å². The zero-order chi connectivity index (χ0) is 20.5. The van der Waals surface area contributed by atoms with E-state index in [9.17, 15) is 4.79 Å². The van der Waals surface area contributed by atoms with Gasteiger partial charge in [-0.05, 0) is 79.7 Å². The zero-order valence-electron chi connectivity index (χ0n) is 17.4. The van der Waals surface area contributed by atoms with Gasteiger partial charge in [0.2, 0.25) is 0 Å². The molecular weight excluding hydrogens is 380 g/mol. The van der Waals surface area contributed by atoms with E-state index in [2.05, 4.69) is 38.4 Å². The van der Waals surface area contributed by atoms with E-state index < -0.39 is 0 Å². The van der Waals surface area contributed by atoms with Gasteiger partial charge in [0, 0.05) is 17.7 Å². The number of hydrogen-bond acceptors (Lipinski definition) is 6. The van der Waals surface area contributed by atoms with Gasteiger partial charge in [-0.3, -0.25) is 9.69 Å². The summed E-state index contributed by atoms with van der Waals surface area (Å²) in [6.07, 6.45) is 5.68. The van der Waals surface area contributed by atoms with Crippen LogP contribution in [0.4, 0.5) is 0 Å². The zero-order valence-corrected chi connectivity index (χ0v) is 17.4. The van der Waals surface area contributed by atoms with Crippen LogP contribution in [0.3, 0.4) is 0 Å². The minimum atomic E-state index is -0.268. The topological polar surface area (TPSA) is 88.9 Å². The van der Waals surface area contributed by atoms with E-state index in [1.165, 1.54) is 12.0 Å². The van der Waals surface area contributed by atoms with E-state index >= 15 is 0 Å². The maximum absolute atomic E-state index is 13.2. The Hall–Kier alpha value is -2.58. The minimum absolute atomic E-state index is 0.0754. The fourth-order valence-corrected chi connectivity index (χ4v) is 4.74. The van der Waals surface area contributed by atoms with Crippen LogP contribution in [0, 0.1) is 6.92 Å². The number of rotatable bonds is 5. The monoisotopic (exact) mass is 408 g/mol. The summed E-state index contributed by atoms with van der Waals surface area (Å²) in [4.78, 5) is 18.6. The number of benzene rings is 1. The van der Waals surface area contributed by atoms with Crippen LogP contribution in [0.5, 0.6) is 0 Å². The van der Waals surface area contributed by atoms with Crippen LogP contribution in [-0.2, 0) is 11.3 Å². The average Bonchev–Trinajstić information content (AvgIpc) is 3.43. The second kappa shape index (κ2) is 8.28. The van der Waals surface area contributed by atoms with Crippen molar-refractivity contribution in [2.75, 3.05) is 19.7 Å². The summed E-state index contributed by atoms with van der Waals surface area (Å²) >= 11 is 0. The fourth-order valence-electron chi connectivity index (χ4n) is 4.74. The molecule has 0 saturated carbocycles. The van der Waals surface area contributed by atoms with Crippen molar-refractivity contribution in [2.24, 2.45) is 0 Å². The third-order valence-electron chi connectivity index (χ3n) is 6.28. The molecule has 5 rings (SSSR count). The number of ether oxygens (including phenoxy) is 1. The molecule has 0 bridgehead atoms. The molecule has 3 aromatic rings. The van der Waals surface area contributed by atoms with Gasteiger partial charge in [-0.2, -0.15) is 0 Å². The van der Waals surface area contributed by atoms with E-state index in [1.54, 1.807) is 0 Å². The highest BCUT2D eigenvalue weighted by Crippen LogP contribution is 2.30. The van der Waals surface area contributed by atoms with Crippen LogP contribution in [0.1, 0.15) is 55.1 Å². The van der Waals surface area contributed by atoms with Gasteiger partial charge in [0.15, 0.2) is 5.82 Å². The number of pyridine rings is 1. The predicted octanol–water partition coefficient (Wildman–Crippen LogP) is 2.58. The summed E-state index contributed by atoms with van der Waals surface area (Å²) in [5.74, 6) is 0.727. The molecule has 2 atom stereocenters. The Bertz CT molecular complexity index is 1080. The molecule has 4 heterocycles. The number of likely N-dealkylation sites (tertiary alicyclic amines) is 1. The van der Waals surface area contributed by atoms with Gasteiger partial charge in [-0.1, -0.05) is 18.1 Å². The molecule has 8 nitrogen and oxygen atoms in total. The first-order chi connectivity index (χ1) is 14.7. The molecule has 0 amide bonds. The molecule has 1 aromatic carbocycles. The fraction of sp³-hybridized carbons (Fsp3) is 0.545. The molecule has 2 aliphatic rings. The van der Waals surface area contributed by atoms with Crippen molar-refractivity contribution in [1.82, 2.24) is 30.1 Å². The lowest BCUT2D eigenvalue weighted by Crippen LogP contribution is -2.39. The number of nitrogens with one attached hydrogen (secondary N) is 1. The molecule has 8 heteroatoms. The van der Waals surface area contributed by atoms with E-state index in [1.807, 2.05) is 22.9 Å². The maximum Gasteiger partial charge on any atom is 0.253 e. The number of aromatic amines is 1. The largest absolute Gasteiger partial charge is 0.376 e. The van der Waals surface area contributed by atoms with Crippen LogP contribution >= 0.6 is 0 Å². The van der Waals surface area contributed by atoms with Crippen LogP contribution in [0.15, 0.2) is 29.1 Å². The van der Waals surface area contributed by atoms with Gasteiger partial charge in [0.05, 0.1) is 12.6 Å². The van der Waals surface area contributed by atoms with Gasteiger partial charge in [0.1, 0.15) is 6.04 Å². The Labute approximate surface area is 175 Å². The van der Waals surface area contributed by atoms with Crippen LogP contribution in [0.25, 0.3) is 10.9 Å². The second-order valence-electron chi connectivity index (χ2n) is 8.50.